The summed E-state index contributed by atoms with van der Waals surface area (Å²) in [5.41, 5.74) is 4.74. The highest BCUT2D eigenvalue weighted by atomic mass is 16.5. The molecule has 0 aliphatic heterocycles. The molecular weight excluding hydrogens is 408 g/mol. The standard InChI is InChI=1S/C25H26N2O5/c1-4-31-24-14-19(10-12-22(24)32-17-18-8-6-5-7-9-18)16-26-27-25(28)20-11-13-21(29-2)23(15-20)30-3/h5-16H,4,17H2,1-3H3,(H,27,28). The Hall–Kier alpha value is -4.00. The van der Waals surface area contributed by atoms with Gasteiger partial charge in [0.1, 0.15) is 6.61 Å². The van der Waals surface area contributed by atoms with Gasteiger partial charge in [-0.05, 0) is 54.4 Å². The van der Waals surface area contributed by atoms with Crippen molar-refractivity contribution in [1.82, 2.24) is 5.43 Å². The predicted octanol–water partition coefficient (Wildman–Crippen LogP) is 4.45. The van der Waals surface area contributed by atoms with Crippen molar-refractivity contribution < 1.29 is 23.7 Å². The molecule has 0 saturated carbocycles. The van der Waals surface area contributed by atoms with Crippen LogP contribution in [-0.2, 0) is 6.61 Å². The van der Waals surface area contributed by atoms with E-state index in [1.807, 2.05) is 55.5 Å². The van der Waals surface area contributed by atoms with E-state index in [1.54, 1.807) is 24.4 Å². The number of carbonyl (C=O) groups excluding carboxylic acids is 1. The lowest BCUT2D eigenvalue weighted by Gasteiger charge is -2.12. The molecule has 7 heteroatoms. The van der Waals surface area contributed by atoms with Crippen LogP contribution in [0.15, 0.2) is 71.8 Å². The number of methoxy groups -OCH3 is 2. The van der Waals surface area contributed by atoms with Gasteiger partial charge in [0.2, 0.25) is 0 Å². The van der Waals surface area contributed by atoms with E-state index in [9.17, 15) is 4.79 Å². The summed E-state index contributed by atoms with van der Waals surface area (Å²) in [5.74, 6) is 1.90. The normalized spacial score (nSPS) is 10.6. The summed E-state index contributed by atoms with van der Waals surface area (Å²) >= 11 is 0. The molecule has 0 spiro atoms. The maximum Gasteiger partial charge on any atom is 0.271 e. The van der Waals surface area contributed by atoms with Gasteiger partial charge in [-0.15, -0.1) is 0 Å². The van der Waals surface area contributed by atoms with Gasteiger partial charge in [0, 0.05) is 5.56 Å². The van der Waals surface area contributed by atoms with Crippen molar-refractivity contribution in [1.29, 1.82) is 0 Å². The number of hydrogen-bond acceptors (Lipinski definition) is 6. The Morgan fingerprint density at radius 3 is 2.34 bits per heavy atom. The molecule has 7 nitrogen and oxygen atoms in total. The number of benzene rings is 3. The minimum absolute atomic E-state index is 0.366. The van der Waals surface area contributed by atoms with Crippen molar-refractivity contribution in [2.24, 2.45) is 5.10 Å². The Morgan fingerprint density at radius 2 is 1.62 bits per heavy atom. The molecule has 0 bridgehead atoms. The Morgan fingerprint density at radius 1 is 0.875 bits per heavy atom. The molecule has 1 amide bonds. The van der Waals surface area contributed by atoms with Crippen LogP contribution in [0.3, 0.4) is 0 Å². The first kappa shape index (κ1) is 22.7. The van der Waals surface area contributed by atoms with E-state index in [0.717, 1.165) is 11.1 Å². The summed E-state index contributed by atoms with van der Waals surface area (Å²) in [6.07, 6.45) is 1.54. The van der Waals surface area contributed by atoms with Gasteiger partial charge in [0.15, 0.2) is 23.0 Å². The van der Waals surface area contributed by atoms with Crippen LogP contribution in [-0.4, -0.2) is 32.9 Å². The van der Waals surface area contributed by atoms with Gasteiger partial charge >= 0.3 is 0 Å². The van der Waals surface area contributed by atoms with Crippen LogP contribution in [0.2, 0.25) is 0 Å². The van der Waals surface area contributed by atoms with Gasteiger partial charge in [-0.3, -0.25) is 4.79 Å². The highest BCUT2D eigenvalue weighted by molar-refractivity contribution is 5.95. The summed E-state index contributed by atoms with van der Waals surface area (Å²) < 4.78 is 22.0. The minimum atomic E-state index is -0.366. The molecule has 0 aliphatic carbocycles. The first-order chi connectivity index (χ1) is 15.6. The van der Waals surface area contributed by atoms with Gasteiger partial charge in [-0.2, -0.15) is 5.10 Å². The van der Waals surface area contributed by atoms with E-state index < -0.39 is 0 Å². The van der Waals surface area contributed by atoms with Crippen molar-refractivity contribution in [2.75, 3.05) is 20.8 Å². The SMILES string of the molecule is CCOc1cc(C=NNC(=O)c2ccc(OC)c(OC)c2)ccc1OCc1ccccc1. The fourth-order valence-electron chi connectivity index (χ4n) is 2.94. The average molecular weight is 434 g/mol. The topological polar surface area (TPSA) is 78.4 Å². The van der Waals surface area contributed by atoms with Crippen molar-refractivity contribution in [2.45, 2.75) is 13.5 Å². The summed E-state index contributed by atoms with van der Waals surface area (Å²) in [7, 11) is 3.05. The molecule has 0 saturated heterocycles. The predicted molar refractivity (Wildman–Crippen MR) is 123 cm³/mol. The zero-order chi connectivity index (χ0) is 22.8. The van der Waals surface area contributed by atoms with Crippen LogP contribution in [0.4, 0.5) is 0 Å². The molecule has 0 aliphatic rings. The fraction of sp³-hybridized carbons (Fsp3) is 0.200. The van der Waals surface area contributed by atoms with Gasteiger partial charge in [0.05, 0.1) is 27.0 Å². The molecule has 166 valence electrons. The minimum Gasteiger partial charge on any atom is -0.493 e. The van der Waals surface area contributed by atoms with Crippen LogP contribution in [0.25, 0.3) is 0 Å². The maximum atomic E-state index is 12.4. The highest BCUT2D eigenvalue weighted by Crippen LogP contribution is 2.29. The molecular formula is C25H26N2O5. The highest BCUT2D eigenvalue weighted by Gasteiger charge is 2.10. The van der Waals surface area contributed by atoms with E-state index in [4.69, 9.17) is 18.9 Å². The largest absolute Gasteiger partial charge is 0.493 e. The summed E-state index contributed by atoms with van der Waals surface area (Å²) in [6, 6.07) is 20.3. The number of carbonyl (C=O) groups is 1. The lowest BCUT2D eigenvalue weighted by Crippen LogP contribution is -2.17. The molecule has 32 heavy (non-hydrogen) atoms. The second-order valence-electron chi connectivity index (χ2n) is 6.68. The van der Waals surface area contributed by atoms with Crippen LogP contribution in [0.5, 0.6) is 23.0 Å². The first-order valence-corrected chi connectivity index (χ1v) is 10.1. The lowest BCUT2D eigenvalue weighted by molar-refractivity contribution is 0.0954. The third-order valence-electron chi connectivity index (χ3n) is 4.53. The van der Waals surface area contributed by atoms with E-state index >= 15 is 0 Å². The number of nitrogens with one attached hydrogen (secondary N) is 1. The van der Waals surface area contributed by atoms with E-state index in [0.29, 0.717) is 41.8 Å². The zero-order valence-corrected chi connectivity index (χ0v) is 18.3. The molecule has 0 unspecified atom stereocenters. The molecule has 0 fully saturated rings. The van der Waals surface area contributed by atoms with Crippen molar-refractivity contribution in [3.63, 3.8) is 0 Å². The lowest BCUT2D eigenvalue weighted by atomic mass is 10.2. The van der Waals surface area contributed by atoms with Gasteiger partial charge < -0.3 is 18.9 Å². The fourth-order valence-corrected chi connectivity index (χ4v) is 2.94. The number of nitrogens with zero attached hydrogens (tertiary/aromatic N) is 1. The second kappa shape index (κ2) is 11.4. The zero-order valence-electron chi connectivity index (χ0n) is 18.3. The second-order valence-corrected chi connectivity index (χ2v) is 6.68. The third kappa shape index (κ3) is 6.01. The summed E-state index contributed by atoms with van der Waals surface area (Å²) in [6.45, 7) is 2.85. The number of rotatable bonds is 10. The van der Waals surface area contributed by atoms with Crippen molar-refractivity contribution in [3.8, 4) is 23.0 Å². The maximum absolute atomic E-state index is 12.4. The van der Waals surface area contributed by atoms with Gasteiger partial charge in [0.25, 0.3) is 5.91 Å². The number of ether oxygens (including phenoxy) is 4. The van der Waals surface area contributed by atoms with Gasteiger partial charge in [-0.1, -0.05) is 30.3 Å². The molecule has 0 atom stereocenters. The van der Waals surface area contributed by atoms with E-state index in [1.165, 1.54) is 14.2 Å². The summed E-state index contributed by atoms with van der Waals surface area (Å²) in [5, 5.41) is 4.05. The Kier molecular flexibility index (Phi) is 8.09. The Labute approximate surface area is 187 Å². The van der Waals surface area contributed by atoms with Crippen LogP contribution in [0, 0.1) is 0 Å². The molecule has 3 aromatic rings. The molecule has 0 heterocycles. The third-order valence-corrected chi connectivity index (χ3v) is 4.53. The van der Waals surface area contributed by atoms with Crippen LogP contribution in [0.1, 0.15) is 28.4 Å². The molecule has 3 rings (SSSR count). The van der Waals surface area contributed by atoms with Crippen LogP contribution < -0.4 is 24.4 Å². The number of hydrazone groups is 1. The Bertz CT molecular complexity index is 1070. The smallest absolute Gasteiger partial charge is 0.271 e. The first-order valence-electron chi connectivity index (χ1n) is 10.1. The Balaban J connectivity index is 1.66. The quantitative estimate of drug-likeness (QED) is 0.377. The van der Waals surface area contributed by atoms with Crippen LogP contribution >= 0.6 is 0 Å². The van der Waals surface area contributed by atoms with Crippen molar-refractivity contribution in [3.05, 3.63) is 83.4 Å². The molecule has 1 N–H and O–H groups in total. The number of hydrogen-bond donors (Lipinski definition) is 1. The number of amides is 1. The van der Waals surface area contributed by atoms with E-state index in [-0.39, 0.29) is 5.91 Å². The monoisotopic (exact) mass is 434 g/mol. The van der Waals surface area contributed by atoms with E-state index in [2.05, 4.69) is 10.5 Å². The molecule has 3 aromatic carbocycles. The van der Waals surface area contributed by atoms with Gasteiger partial charge in [-0.25, -0.2) is 5.43 Å². The summed E-state index contributed by atoms with van der Waals surface area (Å²) in [4.78, 5) is 12.4. The average Bonchev–Trinajstić information content (AvgIpc) is 2.83. The molecule has 0 radical (unpaired) electrons. The molecule has 0 aromatic heterocycles. The van der Waals surface area contributed by atoms with Crippen molar-refractivity contribution >= 4 is 12.1 Å².